The van der Waals surface area contributed by atoms with E-state index in [2.05, 4.69) is 0 Å². The number of hydrogen-bond acceptors (Lipinski definition) is 5. The fraction of sp³-hybridized carbons (Fsp3) is 0.632. The van der Waals surface area contributed by atoms with E-state index >= 15 is 0 Å². The first-order valence-electron chi connectivity index (χ1n) is 9.24. The minimum absolute atomic E-state index is 0.0122. The molecule has 1 spiro atoms. The van der Waals surface area contributed by atoms with Gasteiger partial charge in [-0.1, -0.05) is 18.2 Å². The summed E-state index contributed by atoms with van der Waals surface area (Å²) in [5.41, 5.74) is -0.233. The van der Waals surface area contributed by atoms with Crippen LogP contribution in [-0.4, -0.2) is 62.0 Å². The van der Waals surface area contributed by atoms with Gasteiger partial charge in [-0.05, 0) is 31.9 Å². The molecule has 2 fully saturated rings. The Bertz CT molecular complexity index is 724. The highest BCUT2D eigenvalue weighted by Crippen LogP contribution is 2.50. The standard InChI is InChI=1S/C19H27NO5S/c1-2-25-17-14-16(21)19(17)9-11-20(12-10-19)18(22)8-13-26(23,24)15-6-4-3-5-7-15/h3-7,16-17,21H,2,8-14H2,1H3/t16-,17+/m1/s1. The number of ether oxygens (including phenoxy) is 1. The Labute approximate surface area is 155 Å². The molecule has 0 aromatic heterocycles. The number of benzene rings is 1. The minimum atomic E-state index is -3.44. The van der Waals surface area contributed by atoms with Crippen molar-refractivity contribution >= 4 is 15.7 Å². The maximum atomic E-state index is 12.4. The van der Waals surface area contributed by atoms with Gasteiger partial charge in [-0.25, -0.2) is 8.42 Å². The second kappa shape index (κ2) is 7.66. The van der Waals surface area contributed by atoms with Crippen LogP contribution in [0.2, 0.25) is 0 Å². The highest BCUT2D eigenvalue weighted by Gasteiger charge is 2.56. The van der Waals surface area contributed by atoms with Crippen molar-refractivity contribution in [3.8, 4) is 0 Å². The number of amides is 1. The molecule has 144 valence electrons. The summed E-state index contributed by atoms with van der Waals surface area (Å²) in [4.78, 5) is 14.4. The molecule has 0 unspecified atom stereocenters. The van der Waals surface area contributed by atoms with Gasteiger partial charge in [0.2, 0.25) is 5.91 Å². The number of carbonyl (C=O) groups is 1. The van der Waals surface area contributed by atoms with Crippen molar-refractivity contribution in [2.45, 2.75) is 49.7 Å². The van der Waals surface area contributed by atoms with E-state index in [-0.39, 0.29) is 40.6 Å². The summed E-state index contributed by atoms with van der Waals surface area (Å²) >= 11 is 0. The van der Waals surface area contributed by atoms with E-state index in [0.717, 1.165) is 0 Å². The van der Waals surface area contributed by atoms with Crippen LogP contribution in [0.5, 0.6) is 0 Å². The van der Waals surface area contributed by atoms with Gasteiger partial charge in [0.1, 0.15) is 0 Å². The van der Waals surface area contributed by atoms with Gasteiger partial charge in [0.15, 0.2) is 9.84 Å². The monoisotopic (exact) mass is 381 g/mol. The van der Waals surface area contributed by atoms with Crippen molar-refractivity contribution < 1.29 is 23.1 Å². The van der Waals surface area contributed by atoms with Gasteiger partial charge >= 0.3 is 0 Å². The first-order chi connectivity index (χ1) is 12.4. The quantitative estimate of drug-likeness (QED) is 0.810. The lowest BCUT2D eigenvalue weighted by molar-refractivity contribution is -0.210. The fourth-order valence-corrected chi connectivity index (χ4v) is 5.37. The molecule has 6 nitrogen and oxygen atoms in total. The third kappa shape index (κ3) is 3.66. The van der Waals surface area contributed by atoms with Gasteiger partial charge in [-0.2, -0.15) is 0 Å². The van der Waals surface area contributed by atoms with Gasteiger partial charge < -0.3 is 14.7 Å². The molecule has 2 aliphatic rings. The van der Waals surface area contributed by atoms with Crippen LogP contribution in [0.15, 0.2) is 35.2 Å². The Kier molecular flexibility index (Phi) is 5.69. The molecular weight excluding hydrogens is 354 g/mol. The van der Waals surface area contributed by atoms with Gasteiger partial charge in [0, 0.05) is 38.0 Å². The summed E-state index contributed by atoms with van der Waals surface area (Å²) in [5.74, 6) is -0.317. The minimum Gasteiger partial charge on any atom is -0.392 e. The van der Waals surface area contributed by atoms with Crippen molar-refractivity contribution in [3.05, 3.63) is 30.3 Å². The predicted octanol–water partition coefficient (Wildman–Crippen LogP) is 1.63. The average molecular weight is 381 g/mol. The van der Waals surface area contributed by atoms with E-state index in [1.165, 1.54) is 0 Å². The molecule has 1 aromatic rings. The van der Waals surface area contributed by atoms with E-state index in [0.29, 0.717) is 39.0 Å². The molecule has 0 bridgehead atoms. The lowest BCUT2D eigenvalue weighted by Crippen LogP contribution is -2.62. The molecule has 2 atom stereocenters. The van der Waals surface area contributed by atoms with Gasteiger partial charge in [0.05, 0.1) is 22.9 Å². The largest absolute Gasteiger partial charge is 0.392 e. The van der Waals surface area contributed by atoms with Crippen molar-refractivity contribution in [1.82, 2.24) is 4.90 Å². The van der Waals surface area contributed by atoms with Crippen molar-refractivity contribution in [2.75, 3.05) is 25.4 Å². The van der Waals surface area contributed by atoms with E-state index in [4.69, 9.17) is 4.74 Å². The number of rotatable bonds is 6. The number of hydrogen-bond donors (Lipinski definition) is 1. The Morgan fingerprint density at radius 3 is 2.50 bits per heavy atom. The number of piperidine rings is 1. The molecule has 7 heteroatoms. The summed E-state index contributed by atoms with van der Waals surface area (Å²) in [6.07, 6.45) is 1.76. The van der Waals surface area contributed by atoms with Crippen LogP contribution in [0.1, 0.15) is 32.6 Å². The third-order valence-electron chi connectivity index (χ3n) is 5.84. The molecule has 1 aliphatic carbocycles. The van der Waals surface area contributed by atoms with Crippen molar-refractivity contribution in [1.29, 1.82) is 0 Å². The van der Waals surface area contributed by atoms with Gasteiger partial charge in [-0.3, -0.25) is 4.79 Å². The number of nitrogens with zero attached hydrogens (tertiary/aromatic N) is 1. The zero-order valence-corrected chi connectivity index (χ0v) is 16.0. The third-order valence-corrected chi connectivity index (χ3v) is 7.58. The first-order valence-corrected chi connectivity index (χ1v) is 10.9. The number of aliphatic hydroxyl groups is 1. The van der Waals surface area contributed by atoms with Crippen LogP contribution in [0.4, 0.5) is 0 Å². The summed E-state index contributed by atoms with van der Waals surface area (Å²) < 4.78 is 30.4. The molecule has 1 aliphatic heterocycles. The number of aliphatic hydroxyl groups excluding tert-OH is 1. The summed E-state index contributed by atoms with van der Waals surface area (Å²) in [6, 6.07) is 8.22. The predicted molar refractivity (Wildman–Crippen MR) is 97.4 cm³/mol. The maximum Gasteiger partial charge on any atom is 0.223 e. The normalized spacial score (nSPS) is 25.1. The van der Waals surface area contributed by atoms with E-state index in [9.17, 15) is 18.3 Å². The smallest absolute Gasteiger partial charge is 0.223 e. The zero-order valence-electron chi connectivity index (χ0n) is 15.1. The molecule has 1 amide bonds. The molecule has 1 heterocycles. The number of sulfone groups is 1. The Hall–Kier alpha value is -1.44. The van der Waals surface area contributed by atoms with E-state index in [1.807, 2.05) is 6.92 Å². The number of likely N-dealkylation sites (tertiary alicyclic amines) is 1. The van der Waals surface area contributed by atoms with Crippen LogP contribution < -0.4 is 0 Å². The molecule has 3 rings (SSSR count). The Balaban J connectivity index is 1.53. The van der Waals surface area contributed by atoms with Crippen molar-refractivity contribution in [2.24, 2.45) is 5.41 Å². The molecule has 1 saturated heterocycles. The fourth-order valence-electron chi connectivity index (χ4n) is 4.11. The van der Waals surface area contributed by atoms with Gasteiger partial charge in [0.25, 0.3) is 0 Å². The molecule has 0 radical (unpaired) electrons. The van der Waals surface area contributed by atoms with E-state index in [1.54, 1.807) is 35.2 Å². The molecular formula is C19H27NO5S. The van der Waals surface area contributed by atoms with E-state index < -0.39 is 9.84 Å². The van der Waals surface area contributed by atoms with Crippen LogP contribution in [0.3, 0.4) is 0 Å². The second-order valence-electron chi connectivity index (χ2n) is 7.19. The average Bonchev–Trinajstić information content (AvgIpc) is 2.67. The second-order valence-corrected chi connectivity index (χ2v) is 9.30. The van der Waals surface area contributed by atoms with Crippen LogP contribution in [0, 0.1) is 5.41 Å². The van der Waals surface area contributed by atoms with Gasteiger partial charge in [-0.15, -0.1) is 0 Å². The van der Waals surface area contributed by atoms with Crippen molar-refractivity contribution in [3.63, 3.8) is 0 Å². The molecule has 1 N–H and O–H groups in total. The number of carbonyl (C=O) groups excluding carboxylic acids is 1. The first kappa shape index (κ1) is 19.3. The molecule has 1 saturated carbocycles. The summed E-state index contributed by atoms with van der Waals surface area (Å²) in [7, 11) is -3.44. The van der Waals surface area contributed by atoms with Crippen LogP contribution in [-0.2, 0) is 19.4 Å². The summed E-state index contributed by atoms with van der Waals surface area (Å²) in [6.45, 7) is 3.67. The topological polar surface area (TPSA) is 83.9 Å². The molecule has 26 heavy (non-hydrogen) atoms. The highest BCUT2D eigenvalue weighted by atomic mass is 32.2. The maximum absolute atomic E-state index is 12.4. The lowest BCUT2D eigenvalue weighted by Gasteiger charge is -2.56. The van der Waals surface area contributed by atoms with Crippen LogP contribution >= 0.6 is 0 Å². The summed E-state index contributed by atoms with van der Waals surface area (Å²) in [5, 5.41) is 10.2. The van der Waals surface area contributed by atoms with Crippen LogP contribution in [0.25, 0.3) is 0 Å². The highest BCUT2D eigenvalue weighted by molar-refractivity contribution is 7.91. The zero-order chi connectivity index (χ0) is 18.8. The Morgan fingerprint density at radius 1 is 1.27 bits per heavy atom. The SMILES string of the molecule is CCO[C@H]1C[C@@H](O)C12CCN(C(=O)CCS(=O)(=O)c1ccccc1)CC2. The molecule has 1 aromatic carbocycles. The Morgan fingerprint density at radius 2 is 1.92 bits per heavy atom. The lowest BCUT2D eigenvalue weighted by atomic mass is 9.58.